The molecule has 0 saturated carbocycles. The maximum Gasteiger partial charge on any atom is 0.307 e. The molecule has 0 radical (unpaired) electrons. The normalized spacial score (nSPS) is 11.7. The van der Waals surface area contributed by atoms with Gasteiger partial charge in [-0.2, -0.15) is 0 Å². The Morgan fingerprint density at radius 1 is 1.07 bits per heavy atom. The molecule has 0 saturated heterocycles. The van der Waals surface area contributed by atoms with Crippen molar-refractivity contribution in [3.05, 3.63) is 64.7 Å². The molecule has 0 bridgehead atoms. The number of aliphatic carboxylic acids is 1. The number of halogens is 1. The predicted octanol–water partition coefficient (Wildman–Crippen LogP) is 3.36. The van der Waals surface area contributed by atoms with Crippen LogP contribution < -0.4 is 10.6 Å². The Bertz CT molecular complexity index is 851. The third kappa shape index (κ3) is 5.82. The van der Waals surface area contributed by atoms with E-state index in [1.165, 1.54) is 0 Å². The predicted molar refractivity (Wildman–Crippen MR) is 104 cm³/mol. The molecule has 1 unspecified atom stereocenters. The number of benzene rings is 2. The molecule has 2 amide bonds. The molecule has 0 spiro atoms. The van der Waals surface area contributed by atoms with E-state index < -0.39 is 23.8 Å². The zero-order chi connectivity index (χ0) is 20.0. The van der Waals surface area contributed by atoms with Crippen molar-refractivity contribution >= 4 is 35.1 Å². The molecule has 2 aromatic carbocycles. The first-order valence-electron chi connectivity index (χ1n) is 8.45. The average molecular weight is 389 g/mol. The van der Waals surface area contributed by atoms with Gasteiger partial charge in [-0.1, -0.05) is 49.7 Å². The first kappa shape index (κ1) is 20.5. The molecule has 2 aromatic rings. The van der Waals surface area contributed by atoms with Crippen LogP contribution in [0, 0.1) is 5.92 Å². The summed E-state index contributed by atoms with van der Waals surface area (Å²) in [5.41, 5.74) is 1.33. The van der Waals surface area contributed by atoms with Crippen LogP contribution in [-0.4, -0.2) is 28.9 Å². The van der Waals surface area contributed by atoms with Gasteiger partial charge in [0.05, 0.1) is 17.0 Å². The lowest BCUT2D eigenvalue weighted by atomic mass is 10.0. The highest BCUT2D eigenvalue weighted by molar-refractivity contribution is 6.33. The minimum absolute atomic E-state index is 0.138. The van der Waals surface area contributed by atoms with E-state index in [0.717, 1.165) is 0 Å². The van der Waals surface area contributed by atoms with Crippen LogP contribution in [0.5, 0.6) is 0 Å². The maximum absolute atomic E-state index is 12.7. The second kappa shape index (κ2) is 9.19. The monoisotopic (exact) mass is 388 g/mol. The van der Waals surface area contributed by atoms with E-state index in [-0.39, 0.29) is 12.3 Å². The number of anilines is 1. The summed E-state index contributed by atoms with van der Waals surface area (Å²) in [7, 11) is 0. The van der Waals surface area contributed by atoms with Gasteiger partial charge in [-0.15, -0.1) is 0 Å². The number of nitrogens with one attached hydrogen (secondary N) is 2. The van der Waals surface area contributed by atoms with Crippen LogP contribution in [0.15, 0.2) is 48.5 Å². The first-order chi connectivity index (χ1) is 12.8. The Morgan fingerprint density at radius 2 is 1.78 bits per heavy atom. The van der Waals surface area contributed by atoms with Crippen molar-refractivity contribution in [2.24, 2.45) is 5.92 Å². The van der Waals surface area contributed by atoms with Crippen LogP contribution in [0.3, 0.4) is 0 Å². The molecular formula is C20H21ClN2O4. The fraction of sp³-hybridized carbons (Fsp3) is 0.250. The van der Waals surface area contributed by atoms with Gasteiger partial charge in [0.1, 0.15) is 6.04 Å². The summed E-state index contributed by atoms with van der Waals surface area (Å²) in [5.74, 6) is -1.95. The van der Waals surface area contributed by atoms with Gasteiger partial charge < -0.3 is 15.7 Å². The van der Waals surface area contributed by atoms with Gasteiger partial charge in [0, 0.05) is 5.69 Å². The molecular weight excluding hydrogens is 368 g/mol. The van der Waals surface area contributed by atoms with Gasteiger partial charge in [0.25, 0.3) is 5.91 Å². The van der Waals surface area contributed by atoms with Crippen LogP contribution in [-0.2, 0) is 16.0 Å². The van der Waals surface area contributed by atoms with Gasteiger partial charge in [-0.25, -0.2) is 0 Å². The standard InChI is InChI=1S/C20H21ClN2O4/c1-12(2)18(23-19(26)15-8-3-4-9-16(15)21)20(27)22-14-7-5-6-13(10-14)11-17(24)25/h3-10,12,18H,11H2,1-2H3,(H,22,27)(H,23,26)(H,24,25). The van der Waals surface area contributed by atoms with E-state index in [0.29, 0.717) is 21.8 Å². The molecule has 2 rings (SSSR count). The molecule has 7 heteroatoms. The van der Waals surface area contributed by atoms with Crippen LogP contribution >= 0.6 is 11.6 Å². The topological polar surface area (TPSA) is 95.5 Å². The largest absolute Gasteiger partial charge is 0.481 e. The summed E-state index contributed by atoms with van der Waals surface area (Å²) in [6.07, 6.45) is -0.138. The quantitative estimate of drug-likeness (QED) is 0.677. The smallest absolute Gasteiger partial charge is 0.307 e. The number of hydrogen-bond donors (Lipinski definition) is 3. The Labute approximate surface area is 162 Å². The van der Waals surface area contributed by atoms with Gasteiger partial charge in [-0.3, -0.25) is 14.4 Å². The second-order valence-corrected chi connectivity index (χ2v) is 6.84. The van der Waals surface area contributed by atoms with Crippen molar-refractivity contribution in [3.8, 4) is 0 Å². The van der Waals surface area contributed by atoms with Crippen LogP contribution in [0.25, 0.3) is 0 Å². The number of carboxylic acids is 1. The molecule has 142 valence electrons. The number of carbonyl (C=O) groups is 3. The number of carboxylic acid groups (broad SMARTS) is 1. The molecule has 0 aromatic heterocycles. The molecule has 0 aliphatic carbocycles. The SMILES string of the molecule is CC(C)C(NC(=O)c1ccccc1Cl)C(=O)Nc1cccc(CC(=O)O)c1. The number of rotatable bonds is 7. The molecule has 3 N–H and O–H groups in total. The van der Waals surface area contributed by atoms with E-state index in [2.05, 4.69) is 10.6 Å². The van der Waals surface area contributed by atoms with Crippen molar-refractivity contribution in [1.29, 1.82) is 0 Å². The van der Waals surface area contributed by atoms with Crippen LogP contribution in [0.1, 0.15) is 29.8 Å². The molecule has 0 heterocycles. The maximum atomic E-state index is 12.7. The Kier molecular flexibility index (Phi) is 6.96. The van der Waals surface area contributed by atoms with Gasteiger partial charge >= 0.3 is 5.97 Å². The van der Waals surface area contributed by atoms with Gasteiger partial charge in [0.2, 0.25) is 5.91 Å². The van der Waals surface area contributed by atoms with Crippen LogP contribution in [0.4, 0.5) is 5.69 Å². The van der Waals surface area contributed by atoms with E-state index in [9.17, 15) is 14.4 Å². The third-order valence-corrected chi connectivity index (χ3v) is 4.23. The zero-order valence-electron chi connectivity index (χ0n) is 15.0. The van der Waals surface area contributed by atoms with E-state index >= 15 is 0 Å². The first-order valence-corrected chi connectivity index (χ1v) is 8.82. The van der Waals surface area contributed by atoms with Crippen LogP contribution in [0.2, 0.25) is 5.02 Å². The summed E-state index contributed by atoms with van der Waals surface area (Å²) in [6.45, 7) is 3.63. The van der Waals surface area contributed by atoms with Crippen molar-refractivity contribution in [3.63, 3.8) is 0 Å². The lowest BCUT2D eigenvalue weighted by molar-refractivity contribution is -0.136. The number of carbonyl (C=O) groups excluding carboxylic acids is 2. The minimum atomic E-state index is -0.953. The van der Waals surface area contributed by atoms with Gasteiger partial charge in [0.15, 0.2) is 0 Å². The minimum Gasteiger partial charge on any atom is -0.481 e. The Morgan fingerprint density at radius 3 is 2.41 bits per heavy atom. The van der Waals surface area contributed by atoms with Crippen molar-refractivity contribution in [2.45, 2.75) is 26.3 Å². The molecule has 0 aliphatic heterocycles. The summed E-state index contributed by atoms with van der Waals surface area (Å²) < 4.78 is 0. The van der Waals surface area contributed by atoms with Crippen molar-refractivity contribution in [2.75, 3.05) is 5.32 Å². The van der Waals surface area contributed by atoms with Crippen molar-refractivity contribution < 1.29 is 19.5 Å². The molecule has 0 fully saturated rings. The summed E-state index contributed by atoms with van der Waals surface area (Å²) >= 11 is 6.04. The molecule has 6 nitrogen and oxygen atoms in total. The molecule has 1 atom stereocenters. The summed E-state index contributed by atoms with van der Waals surface area (Å²) in [5, 5.41) is 14.6. The van der Waals surface area contributed by atoms with Crippen molar-refractivity contribution in [1.82, 2.24) is 5.32 Å². The summed E-state index contributed by atoms with van der Waals surface area (Å²) in [4.78, 5) is 36.0. The average Bonchev–Trinajstić information content (AvgIpc) is 2.59. The molecule has 0 aliphatic rings. The third-order valence-electron chi connectivity index (χ3n) is 3.90. The lowest BCUT2D eigenvalue weighted by Crippen LogP contribution is -2.47. The van der Waals surface area contributed by atoms with E-state index in [4.69, 9.17) is 16.7 Å². The Balaban J connectivity index is 2.12. The van der Waals surface area contributed by atoms with E-state index in [1.54, 1.807) is 48.5 Å². The number of hydrogen-bond acceptors (Lipinski definition) is 3. The lowest BCUT2D eigenvalue weighted by Gasteiger charge is -2.22. The fourth-order valence-electron chi connectivity index (χ4n) is 2.55. The second-order valence-electron chi connectivity index (χ2n) is 6.44. The molecule has 27 heavy (non-hydrogen) atoms. The highest BCUT2D eigenvalue weighted by atomic mass is 35.5. The highest BCUT2D eigenvalue weighted by Crippen LogP contribution is 2.17. The Hall–Kier alpha value is -2.86. The summed E-state index contributed by atoms with van der Waals surface area (Å²) in [6, 6.07) is 12.4. The number of amides is 2. The van der Waals surface area contributed by atoms with E-state index in [1.807, 2.05) is 13.8 Å². The zero-order valence-corrected chi connectivity index (χ0v) is 15.8. The highest BCUT2D eigenvalue weighted by Gasteiger charge is 2.25. The van der Waals surface area contributed by atoms with Gasteiger partial charge in [-0.05, 0) is 35.7 Å². The fourth-order valence-corrected chi connectivity index (χ4v) is 2.77.